The van der Waals surface area contributed by atoms with Gasteiger partial charge in [-0.15, -0.1) is 10.2 Å². The van der Waals surface area contributed by atoms with Gasteiger partial charge in [0.15, 0.2) is 5.01 Å². The smallest absolute Gasteiger partial charge is 0.151 e. The van der Waals surface area contributed by atoms with Crippen LogP contribution in [0.2, 0.25) is 0 Å². The number of nitrogens with zero attached hydrogens (tertiary/aromatic N) is 2. The highest BCUT2D eigenvalue weighted by atomic mass is 32.1. The lowest BCUT2D eigenvalue weighted by Gasteiger charge is -2.03. The molecule has 1 aromatic carbocycles. The molecule has 0 aliphatic heterocycles. The summed E-state index contributed by atoms with van der Waals surface area (Å²) >= 11 is 1.58. The van der Waals surface area contributed by atoms with Gasteiger partial charge in [-0.3, -0.25) is 0 Å². The van der Waals surface area contributed by atoms with Gasteiger partial charge in [-0.1, -0.05) is 23.5 Å². The van der Waals surface area contributed by atoms with Crippen LogP contribution in [0.4, 0.5) is 0 Å². The van der Waals surface area contributed by atoms with Crippen molar-refractivity contribution in [2.75, 3.05) is 14.2 Å². The van der Waals surface area contributed by atoms with E-state index in [9.17, 15) is 0 Å². The number of methoxy groups -OCH3 is 1. The van der Waals surface area contributed by atoms with Crippen LogP contribution in [0.5, 0.6) is 5.75 Å². The Morgan fingerprint density at radius 2 is 2.12 bits per heavy atom. The van der Waals surface area contributed by atoms with E-state index in [0.29, 0.717) is 0 Å². The van der Waals surface area contributed by atoms with Gasteiger partial charge in [-0.25, -0.2) is 0 Å². The third kappa shape index (κ3) is 2.20. The maximum Gasteiger partial charge on any atom is 0.151 e. The number of benzene rings is 1. The maximum absolute atomic E-state index is 5.29. The minimum absolute atomic E-state index is 0.743. The molecule has 0 spiro atoms. The molecule has 16 heavy (non-hydrogen) atoms. The fourth-order valence-corrected chi connectivity index (χ4v) is 2.29. The molecule has 0 radical (unpaired) electrons. The van der Waals surface area contributed by atoms with Crippen molar-refractivity contribution in [3.63, 3.8) is 0 Å². The summed E-state index contributed by atoms with van der Waals surface area (Å²) < 4.78 is 5.29. The second-order valence-electron chi connectivity index (χ2n) is 3.23. The number of hydrogen-bond acceptors (Lipinski definition) is 5. The van der Waals surface area contributed by atoms with E-state index >= 15 is 0 Å². The van der Waals surface area contributed by atoms with E-state index in [4.69, 9.17) is 4.74 Å². The first kappa shape index (κ1) is 11.0. The van der Waals surface area contributed by atoms with Crippen LogP contribution in [-0.2, 0) is 6.54 Å². The van der Waals surface area contributed by atoms with Gasteiger partial charge < -0.3 is 10.1 Å². The van der Waals surface area contributed by atoms with Gasteiger partial charge in [0.2, 0.25) is 0 Å². The largest absolute Gasteiger partial charge is 0.496 e. The van der Waals surface area contributed by atoms with Crippen LogP contribution in [0.25, 0.3) is 10.6 Å². The summed E-state index contributed by atoms with van der Waals surface area (Å²) in [6.07, 6.45) is 0. The van der Waals surface area contributed by atoms with Crippen LogP contribution in [0.3, 0.4) is 0 Å². The van der Waals surface area contributed by atoms with Gasteiger partial charge in [0.25, 0.3) is 0 Å². The van der Waals surface area contributed by atoms with Gasteiger partial charge in [0.05, 0.1) is 12.7 Å². The molecule has 0 aliphatic carbocycles. The monoisotopic (exact) mass is 235 g/mol. The van der Waals surface area contributed by atoms with Gasteiger partial charge in [0.1, 0.15) is 10.8 Å². The van der Waals surface area contributed by atoms with Gasteiger partial charge in [0, 0.05) is 6.54 Å². The molecule has 5 heteroatoms. The lowest BCUT2D eigenvalue weighted by molar-refractivity contribution is 0.416. The molecule has 2 rings (SSSR count). The van der Waals surface area contributed by atoms with Crippen molar-refractivity contribution < 1.29 is 4.74 Å². The van der Waals surface area contributed by atoms with Crippen LogP contribution in [0, 0.1) is 0 Å². The SMILES string of the molecule is CNCc1nnc(-c2ccccc2OC)s1. The Bertz CT molecular complexity index is 470. The molecule has 0 saturated carbocycles. The molecule has 0 fully saturated rings. The molecule has 1 N–H and O–H groups in total. The van der Waals surface area contributed by atoms with E-state index < -0.39 is 0 Å². The summed E-state index contributed by atoms with van der Waals surface area (Å²) in [7, 11) is 3.55. The van der Waals surface area contributed by atoms with Crippen LogP contribution in [-0.4, -0.2) is 24.4 Å². The van der Waals surface area contributed by atoms with Crippen molar-refractivity contribution in [3.05, 3.63) is 29.3 Å². The molecular weight excluding hydrogens is 222 g/mol. The quantitative estimate of drug-likeness (QED) is 0.879. The number of rotatable bonds is 4. The molecule has 4 nitrogen and oxygen atoms in total. The summed E-state index contributed by atoms with van der Waals surface area (Å²) in [5, 5.41) is 13.2. The van der Waals surface area contributed by atoms with E-state index in [1.165, 1.54) is 0 Å². The first-order valence-corrected chi connectivity index (χ1v) is 5.77. The minimum Gasteiger partial charge on any atom is -0.496 e. The fraction of sp³-hybridized carbons (Fsp3) is 0.273. The second kappa shape index (κ2) is 5.05. The van der Waals surface area contributed by atoms with Crippen LogP contribution in [0.15, 0.2) is 24.3 Å². The number of hydrogen-bond donors (Lipinski definition) is 1. The molecule has 0 unspecified atom stereocenters. The molecule has 0 atom stereocenters. The Balaban J connectivity index is 2.34. The topological polar surface area (TPSA) is 47.0 Å². The van der Waals surface area contributed by atoms with Crippen LogP contribution >= 0.6 is 11.3 Å². The predicted octanol–water partition coefficient (Wildman–Crippen LogP) is 1.93. The molecule has 0 aliphatic rings. The molecule has 0 saturated heterocycles. The third-order valence-corrected chi connectivity index (χ3v) is 3.09. The van der Waals surface area contributed by atoms with E-state index in [1.54, 1.807) is 18.4 Å². The van der Waals surface area contributed by atoms with Crippen molar-refractivity contribution in [2.24, 2.45) is 0 Å². The van der Waals surface area contributed by atoms with Crippen molar-refractivity contribution in [3.8, 4) is 16.3 Å². The molecule has 84 valence electrons. The number of para-hydroxylation sites is 1. The summed E-state index contributed by atoms with van der Waals surface area (Å²) in [5.41, 5.74) is 0.991. The third-order valence-electron chi connectivity index (χ3n) is 2.13. The van der Waals surface area contributed by atoms with E-state index in [1.807, 2.05) is 31.3 Å². The highest BCUT2D eigenvalue weighted by molar-refractivity contribution is 7.14. The van der Waals surface area contributed by atoms with Gasteiger partial charge >= 0.3 is 0 Å². The van der Waals surface area contributed by atoms with Crippen molar-refractivity contribution in [1.82, 2.24) is 15.5 Å². The molecular formula is C11H13N3OS. The minimum atomic E-state index is 0.743. The predicted molar refractivity (Wildman–Crippen MR) is 64.7 cm³/mol. The fourth-order valence-electron chi connectivity index (χ4n) is 1.41. The number of nitrogens with one attached hydrogen (secondary N) is 1. The zero-order valence-corrected chi connectivity index (χ0v) is 10.0. The zero-order valence-electron chi connectivity index (χ0n) is 9.23. The Kier molecular flexibility index (Phi) is 3.48. The molecule has 1 aromatic heterocycles. The summed E-state index contributed by atoms with van der Waals surface area (Å²) in [6.45, 7) is 0.743. The lowest BCUT2D eigenvalue weighted by atomic mass is 10.2. The normalized spacial score (nSPS) is 10.4. The Labute approximate surface area is 98.3 Å². The molecule has 2 aromatic rings. The first-order chi connectivity index (χ1) is 7.85. The lowest BCUT2D eigenvalue weighted by Crippen LogP contribution is -2.04. The van der Waals surface area contributed by atoms with Gasteiger partial charge in [-0.2, -0.15) is 0 Å². The highest BCUT2D eigenvalue weighted by Crippen LogP contribution is 2.31. The Morgan fingerprint density at radius 1 is 1.31 bits per heavy atom. The molecule has 0 amide bonds. The standard InChI is InChI=1S/C11H13N3OS/c1-12-7-10-13-14-11(16-10)8-5-3-4-6-9(8)15-2/h3-6,12H,7H2,1-2H3. The van der Waals surface area contributed by atoms with Crippen molar-refractivity contribution in [1.29, 1.82) is 0 Å². The van der Waals surface area contributed by atoms with E-state index in [0.717, 1.165) is 27.9 Å². The Morgan fingerprint density at radius 3 is 2.88 bits per heavy atom. The van der Waals surface area contributed by atoms with Gasteiger partial charge in [-0.05, 0) is 19.2 Å². The van der Waals surface area contributed by atoms with E-state index in [-0.39, 0.29) is 0 Å². The Hall–Kier alpha value is -1.46. The van der Waals surface area contributed by atoms with Crippen LogP contribution < -0.4 is 10.1 Å². The molecule has 0 bridgehead atoms. The average Bonchev–Trinajstić information content (AvgIpc) is 2.78. The van der Waals surface area contributed by atoms with Crippen molar-refractivity contribution in [2.45, 2.75) is 6.54 Å². The maximum atomic E-state index is 5.29. The first-order valence-electron chi connectivity index (χ1n) is 4.95. The summed E-state index contributed by atoms with van der Waals surface area (Å²) in [4.78, 5) is 0. The summed E-state index contributed by atoms with van der Waals surface area (Å²) in [6, 6.07) is 7.83. The number of ether oxygens (including phenoxy) is 1. The average molecular weight is 235 g/mol. The van der Waals surface area contributed by atoms with Crippen LogP contribution in [0.1, 0.15) is 5.01 Å². The number of aromatic nitrogens is 2. The molecule has 1 heterocycles. The summed E-state index contributed by atoms with van der Waals surface area (Å²) in [5.74, 6) is 0.828. The highest BCUT2D eigenvalue weighted by Gasteiger charge is 2.10. The second-order valence-corrected chi connectivity index (χ2v) is 4.29. The zero-order chi connectivity index (χ0) is 11.4. The van der Waals surface area contributed by atoms with Crippen molar-refractivity contribution >= 4 is 11.3 Å². The van der Waals surface area contributed by atoms with E-state index in [2.05, 4.69) is 15.5 Å².